The highest BCUT2D eigenvalue weighted by Crippen LogP contribution is 2.30. The molecule has 1 aromatic heterocycles. The van der Waals surface area contributed by atoms with Crippen LogP contribution in [0.15, 0.2) is 71.3 Å². The van der Waals surface area contributed by atoms with Crippen molar-refractivity contribution in [1.82, 2.24) is 10.5 Å². The van der Waals surface area contributed by atoms with Crippen LogP contribution >= 0.6 is 0 Å². The van der Waals surface area contributed by atoms with Crippen molar-refractivity contribution in [2.24, 2.45) is 0 Å². The molecule has 164 valence electrons. The molecule has 0 saturated heterocycles. The number of aromatic nitrogens is 1. The number of nitrogens with one attached hydrogen (secondary N) is 1. The highest BCUT2D eigenvalue weighted by Gasteiger charge is 2.20. The number of hydrogen-bond acceptors (Lipinski definition) is 5. The summed E-state index contributed by atoms with van der Waals surface area (Å²) >= 11 is 0. The van der Waals surface area contributed by atoms with Crippen molar-refractivity contribution in [3.8, 4) is 17.0 Å². The molecule has 3 aromatic carbocycles. The van der Waals surface area contributed by atoms with Crippen molar-refractivity contribution in [2.75, 3.05) is 13.2 Å². The summed E-state index contributed by atoms with van der Waals surface area (Å²) < 4.78 is 24.3. The lowest BCUT2D eigenvalue weighted by Crippen LogP contribution is -2.35. The van der Waals surface area contributed by atoms with Gasteiger partial charge < -0.3 is 19.7 Å². The van der Waals surface area contributed by atoms with Gasteiger partial charge in [-0.15, -0.1) is 0 Å². The molecule has 0 bridgehead atoms. The first-order valence-corrected chi connectivity index (χ1v) is 10.9. The maximum Gasteiger partial charge on any atom is 0.170 e. The SMILES string of the molecule is O[C@H](CNC1CCCc2ccccc21)COc1ccc(-c2noc3cc(F)ccc23)cc1. The van der Waals surface area contributed by atoms with E-state index >= 15 is 0 Å². The van der Waals surface area contributed by atoms with E-state index in [9.17, 15) is 9.50 Å². The van der Waals surface area contributed by atoms with E-state index in [1.807, 2.05) is 24.3 Å². The van der Waals surface area contributed by atoms with Gasteiger partial charge in [-0.1, -0.05) is 29.4 Å². The first-order chi connectivity index (χ1) is 15.7. The van der Waals surface area contributed by atoms with Crippen molar-refractivity contribution in [3.05, 3.63) is 83.7 Å². The Hall–Kier alpha value is -3.22. The van der Waals surface area contributed by atoms with Crippen LogP contribution in [-0.2, 0) is 6.42 Å². The summed E-state index contributed by atoms with van der Waals surface area (Å²) in [6.45, 7) is 0.672. The Morgan fingerprint density at radius 2 is 1.97 bits per heavy atom. The summed E-state index contributed by atoms with van der Waals surface area (Å²) in [6.07, 6.45) is 2.74. The molecule has 1 aliphatic rings. The van der Waals surface area contributed by atoms with Gasteiger partial charge in [-0.3, -0.25) is 0 Å². The molecule has 0 fully saturated rings. The van der Waals surface area contributed by atoms with Crippen molar-refractivity contribution >= 4 is 11.0 Å². The third-order valence-electron chi connectivity index (χ3n) is 5.97. The van der Waals surface area contributed by atoms with Crippen LogP contribution in [-0.4, -0.2) is 29.5 Å². The fourth-order valence-electron chi connectivity index (χ4n) is 4.32. The Morgan fingerprint density at radius 3 is 2.84 bits per heavy atom. The van der Waals surface area contributed by atoms with Gasteiger partial charge in [0, 0.05) is 29.6 Å². The second-order valence-electron chi connectivity index (χ2n) is 8.21. The number of aliphatic hydroxyl groups is 1. The van der Waals surface area contributed by atoms with E-state index in [-0.39, 0.29) is 18.5 Å². The quantitative estimate of drug-likeness (QED) is 0.428. The van der Waals surface area contributed by atoms with E-state index < -0.39 is 6.10 Å². The Balaban J connectivity index is 1.16. The fraction of sp³-hybridized carbons (Fsp3) is 0.269. The summed E-state index contributed by atoms with van der Waals surface area (Å²) in [4.78, 5) is 0. The van der Waals surface area contributed by atoms with Gasteiger partial charge in [0.25, 0.3) is 0 Å². The monoisotopic (exact) mass is 432 g/mol. The predicted molar refractivity (Wildman–Crippen MR) is 121 cm³/mol. The molecule has 5 rings (SSSR count). The highest BCUT2D eigenvalue weighted by atomic mass is 19.1. The van der Waals surface area contributed by atoms with E-state index in [4.69, 9.17) is 9.26 Å². The molecule has 2 N–H and O–H groups in total. The summed E-state index contributed by atoms with van der Waals surface area (Å²) in [5.41, 5.74) is 4.65. The average Bonchev–Trinajstić information content (AvgIpc) is 3.24. The molecular formula is C26H25FN2O3. The number of rotatable bonds is 7. The van der Waals surface area contributed by atoms with Crippen LogP contribution in [0.5, 0.6) is 5.75 Å². The zero-order chi connectivity index (χ0) is 21.9. The van der Waals surface area contributed by atoms with E-state index in [1.54, 1.807) is 6.07 Å². The zero-order valence-corrected chi connectivity index (χ0v) is 17.6. The number of benzene rings is 3. The fourth-order valence-corrected chi connectivity index (χ4v) is 4.32. The van der Waals surface area contributed by atoms with E-state index in [2.05, 4.69) is 34.7 Å². The van der Waals surface area contributed by atoms with Crippen LogP contribution in [0.2, 0.25) is 0 Å². The second-order valence-corrected chi connectivity index (χ2v) is 8.21. The molecule has 5 nitrogen and oxygen atoms in total. The third kappa shape index (κ3) is 4.38. The second kappa shape index (κ2) is 9.10. The standard InChI is InChI=1S/C26H25FN2O3/c27-19-10-13-23-25(14-19)32-29-26(23)18-8-11-21(12-9-18)31-16-20(30)15-28-24-7-3-5-17-4-1-2-6-22(17)24/h1-2,4,6,8-14,20,24,28,30H,3,5,7,15-16H2/t20-,24?/m1/s1. The van der Waals surface area contributed by atoms with E-state index in [0.29, 0.717) is 23.6 Å². The molecule has 0 saturated carbocycles. The third-order valence-corrected chi connectivity index (χ3v) is 5.97. The predicted octanol–water partition coefficient (Wildman–Crippen LogP) is 5.04. The molecule has 0 spiro atoms. The first kappa shape index (κ1) is 20.7. The van der Waals surface area contributed by atoms with Gasteiger partial charge in [0.15, 0.2) is 5.58 Å². The topological polar surface area (TPSA) is 67.5 Å². The number of aryl methyl sites for hydroxylation is 1. The Labute approximate surface area is 185 Å². The molecule has 1 aliphatic carbocycles. The minimum atomic E-state index is -0.613. The lowest BCUT2D eigenvalue weighted by molar-refractivity contribution is 0.103. The number of nitrogens with zero attached hydrogens (tertiary/aromatic N) is 1. The van der Waals surface area contributed by atoms with Crippen LogP contribution in [0.25, 0.3) is 22.2 Å². The Kier molecular flexibility index (Phi) is 5.88. The van der Waals surface area contributed by atoms with Gasteiger partial charge in [0.1, 0.15) is 30.0 Å². The van der Waals surface area contributed by atoms with Gasteiger partial charge in [-0.2, -0.15) is 0 Å². The normalized spacial score (nSPS) is 16.6. The Bertz CT molecular complexity index is 1210. The maximum atomic E-state index is 13.3. The summed E-state index contributed by atoms with van der Waals surface area (Å²) in [5.74, 6) is 0.305. The Morgan fingerprint density at radius 1 is 1.12 bits per heavy atom. The van der Waals surface area contributed by atoms with Crippen molar-refractivity contribution in [1.29, 1.82) is 0 Å². The van der Waals surface area contributed by atoms with Crippen LogP contribution in [0.1, 0.15) is 30.0 Å². The van der Waals surface area contributed by atoms with Gasteiger partial charge in [0.2, 0.25) is 0 Å². The lowest BCUT2D eigenvalue weighted by atomic mass is 9.88. The molecule has 32 heavy (non-hydrogen) atoms. The number of aliphatic hydroxyl groups excluding tert-OH is 1. The molecule has 4 aromatic rings. The number of halogens is 1. The van der Waals surface area contributed by atoms with Crippen LogP contribution in [0.3, 0.4) is 0 Å². The molecule has 1 heterocycles. The summed E-state index contributed by atoms with van der Waals surface area (Å²) in [6, 6.07) is 20.6. The zero-order valence-electron chi connectivity index (χ0n) is 17.6. The van der Waals surface area contributed by atoms with Crippen LogP contribution in [0, 0.1) is 5.82 Å². The molecule has 6 heteroatoms. The number of fused-ring (bicyclic) bond motifs is 2. The van der Waals surface area contributed by atoms with Crippen LogP contribution < -0.4 is 10.1 Å². The smallest absolute Gasteiger partial charge is 0.170 e. The van der Waals surface area contributed by atoms with E-state index in [0.717, 1.165) is 30.2 Å². The molecule has 0 amide bonds. The lowest BCUT2D eigenvalue weighted by Gasteiger charge is -2.27. The van der Waals surface area contributed by atoms with Crippen molar-refractivity contribution in [2.45, 2.75) is 31.4 Å². The molecule has 2 atom stereocenters. The van der Waals surface area contributed by atoms with Gasteiger partial charge >= 0.3 is 0 Å². The number of hydrogen-bond donors (Lipinski definition) is 2. The largest absolute Gasteiger partial charge is 0.491 e. The molecule has 0 aliphatic heterocycles. The minimum absolute atomic E-state index is 0.201. The molecular weight excluding hydrogens is 407 g/mol. The van der Waals surface area contributed by atoms with Crippen LogP contribution in [0.4, 0.5) is 4.39 Å². The first-order valence-electron chi connectivity index (χ1n) is 10.9. The summed E-state index contributed by atoms with van der Waals surface area (Å²) in [7, 11) is 0. The van der Waals surface area contributed by atoms with Gasteiger partial charge in [-0.05, 0) is 66.8 Å². The highest BCUT2D eigenvalue weighted by molar-refractivity contribution is 5.91. The maximum absolute atomic E-state index is 13.3. The summed E-state index contributed by atoms with van der Waals surface area (Å²) in [5, 5.41) is 18.7. The van der Waals surface area contributed by atoms with Gasteiger partial charge in [-0.25, -0.2) is 4.39 Å². The van der Waals surface area contributed by atoms with E-state index in [1.165, 1.54) is 23.3 Å². The van der Waals surface area contributed by atoms with Crippen molar-refractivity contribution in [3.63, 3.8) is 0 Å². The minimum Gasteiger partial charge on any atom is -0.491 e. The molecule has 0 radical (unpaired) electrons. The molecule has 1 unspecified atom stereocenters. The van der Waals surface area contributed by atoms with Crippen molar-refractivity contribution < 1.29 is 18.8 Å². The van der Waals surface area contributed by atoms with Gasteiger partial charge in [0.05, 0.1) is 0 Å². The number of ether oxygens (including phenoxy) is 1. The average molecular weight is 432 g/mol.